The van der Waals surface area contributed by atoms with Crippen LogP contribution >= 0.6 is 0 Å². The summed E-state index contributed by atoms with van der Waals surface area (Å²) in [6, 6.07) is 18.7. The summed E-state index contributed by atoms with van der Waals surface area (Å²) in [5, 5.41) is 0. The number of oxazole rings is 1. The van der Waals surface area contributed by atoms with E-state index >= 15 is 0 Å². The van der Waals surface area contributed by atoms with E-state index in [4.69, 9.17) is 4.42 Å². The molecule has 0 N–H and O–H groups in total. The van der Waals surface area contributed by atoms with Crippen LogP contribution in [0.4, 0.5) is 0 Å². The Morgan fingerprint density at radius 1 is 0.864 bits per heavy atom. The lowest BCUT2D eigenvalue weighted by atomic mass is 10.0. The van der Waals surface area contributed by atoms with Crippen molar-refractivity contribution in [3.63, 3.8) is 0 Å². The van der Waals surface area contributed by atoms with Gasteiger partial charge >= 0.3 is 0 Å². The van der Waals surface area contributed by atoms with Crippen molar-refractivity contribution >= 4 is 11.2 Å². The van der Waals surface area contributed by atoms with E-state index in [1.54, 1.807) is 6.20 Å². The summed E-state index contributed by atoms with van der Waals surface area (Å²) in [4.78, 5) is 8.72. The maximum absolute atomic E-state index is 5.83. The van der Waals surface area contributed by atoms with E-state index in [1.165, 1.54) is 22.3 Å². The van der Waals surface area contributed by atoms with Gasteiger partial charge in [0.1, 0.15) is 0 Å². The van der Waals surface area contributed by atoms with Gasteiger partial charge in [-0.1, -0.05) is 30.3 Å². The quantitative estimate of drug-likeness (QED) is 0.456. The highest BCUT2D eigenvalue weighted by Gasteiger charge is 2.19. The van der Waals surface area contributed by atoms with Gasteiger partial charge in [-0.2, -0.15) is 4.98 Å². The van der Waals surface area contributed by atoms with Gasteiger partial charge in [0, 0.05) is 11.8 Å². The van der Waals surface area contributed by atoms with E-state index in [0.717, 1.165) is 17.6 Å². The van der Waals surface area contributed by atoms with Gasteiger partial charge in [0.15, 0.2) is 11.2 Å². The third kappa shape index (κ3) is 1.62. The van der Waals surface area contributed by atoms with Crippen LogP contribution in [-0.2, 0) is 6.42 Å². The number of fused-ring (bicyclic) bond motifs is 4. The normalized spacial score (nSPS) is 12.4. The first-order valence-corrected chi connectivity index (χ1v) is 7.32. The van der Waals surface area contributed by atoms with Gasteiger partial charge in [-0.3, -0.25) is 0 Å². The Balaban J connectivity index is 1.69. The van der Waals surface area contributed by atoms with Gasteiger partial charge in [0.05, 0.1) is 0 Å². The average Bonchev–Trinajstić information content (AvgIpc) is 3.15. The summed E-state index contributed by atoms with van der Waals surface area (Å²) in [6.07, 6.45) is 2.73. The monoisotopic (exact) mass is 284 g/mol. The highest BCUT2D eigenvalue weighted by molar-refractivity contribution is 5.81. The molecule has 2 aromatic carbocycles. The van der Waals surface area contributed by atoms with Gasteiger partial charge in [0.2, 0.25) is 5.89 Å². The second kappa shape index (κ2) is 4.28. The molecule has 3 heteroatoms. The van der Waals surface area contributed by atoms with Crippen LogP contribution in [-0.4, -0.2) is 9.97 Å². The lowest BCUT2D eigenvalue weighted by molar-refractivity contribution is 0.619. The molecule has 0 amide bonds. The standard InChI is InChI=1S/C19H12N2O/c1-2-5-15-12(4-1)10-13-7-8-14(11-16(13)15)19-21-18-17(22-19)6-3-9-20-18/h1-9,11H,10H2. The molecule has 2 aromatic heterocycles. The van der Waals surface area contributed by atoms with Crippen molar-refractivity contribution < 1.29 is 4.42 Å². The van der Waals surface area contributed by atoms with Crippen LogP contribution in [0.2, 0.25) is 0 Å². The molecule has 4 aromatic rings. The summed E-state index contributed by atoms with van der Waals surface area (Å²) in [7, 11) is 0. The van der Waals surface area contributed by atoms with Gasteiger partial charge in [-0.05, 0) is 52.9 Å². The number of benzene rings is 2. The van der Waals surface area contributed by atoms with E-state index in [-0.39, 0.29) is 0 Å². The first kappa shape index (κ1) is 11.7. The molecule has 22 heavy (non-hydrogen) atoms. The molecule has 5 rings (SSSR count). The van der Waals surface area contributed by atoms with Crippen molar-refractivity contribution in [2.24, 2.45) is 0 Å². The summed E-state index contributed by atoms with van der Waals surface area (Å²) >= 11 is 0. The number of hydrogen-bond donors (Lipinski definition) is 0. The molecule has 0 saturated carbocycles. The van der Waals surface area contributed by atoms with Crippen molar-refractivity contribution in [1.29, 1.82) is 0 Å². The van der Waals surface area contributed by atoms with Crippen molar-refractivity contribution in [3.05, 3.63) is 71.9 Å². The van der Waals surface area contributed by atoms with Gasteiger partial charge in [-0.15, -0.1) is 0 Å². The molecule has 1 aliphatic rings. The molecule has 0 saturated heterocycles. The molecule has 0 radical (unpaired) electrons. The maximum Gasteiger partial charge on any atom is 0.228 e. The molecule has 104 valence electrons. The minimum absolute atomic E-state index is 0.626. The molecule has 0 unspecified atom stereocenters. The zero-order chi connectivity index (χ0) is 14.5. The number of nitrogens with zero attached hydrogens (tertiary/aromatic N) is 2. The zero-order valence-corrected chi connectivity index (χ0v) is 11.8. The van der Waals surface area contributed by atoms with Gasteiger partial charge in [0.25, 0.3) is 0 Å². The average molecular weight is 284 g/mol. The summed E-state index contributed by atoms with van der Waals surface area (Å²) in [5.41, 5.74) is 7.70. The summed E-state index contributed by atoms with van der Waals surface area (Å²) < 4.78 is 5.83. The van der Waals surface area contributed by atoms with Crippen LogP contribution in [0.15, 0.2) is 65.2 Å². The highest BCUT2D eigenvalue weighted by Crippen LogP contribution is 2.38. The van der Waals surface area contributed by atoms with Crippen LogP contribution in [0.25, 0.3) is 33.8 Å². The fraction of sp³-hybridized carbons (Fsp3) is 0.0526. The molecule has 0 fully saturated rings. The van der Waals surface area contributed by atoms with Crippen molar-refractivity contribution in [1.82, 2.24) is 9.97 Å². The Bertz CT molecular complexity index is 984. The largest absolute Gasteiger partial charge is 0.434 e. The SMILES string of the molecule is c1ccc2c(c1)Cc1ccc(-c3nc4ncccc4o3)cc1-2. The molecule has 3 nitrogen and oxygen atoms in total. The Morgan fingerprint density at radius 3 is 2.73 bits per heavy atom. The van der Waals surface area contributed by atoms with Gasteiger partial charge < -0.3 is 4.42 Å². The van der Waals surface area contributed by atoms with E-state index in [9.17, 15) is 0 Å². The third-order valence-corrected chi connectivity index (χ3v) is 4.21. The van der Waals surface area contributed by atoms with E-state index in [0.29, 0.717) is 11.5 Å². The minimum Gasteiger partial charge on any atom is -0.434 e. The first-order chi connectivity index (χ1) is 10.9. The zero-order valence-electron chi connectivity index (χ0n) is 11.8. The van der Waals surface area contributed by atoms with Gasteiger partial charge in [-0.25, -0.2) is 4.98 Å². The van der Waals surface area contributed by atoms with Crippen molar-refractivity contribution in [2.75, 3.05) is 0 Å². The highest BCUT2D eigenvalue weighted by atomic mass is 16.3. The predicted octanol–water partition coefficient (Wildman–Crippen LogP) is 4.46. The number of aromatic nitrogens is 2. The fourth-order valence-corrected chi connectivity index (χ4v) is 3.15. The Morgan fingerprint density at radius 2 is 1.77 bits per heavy atom. The van der Waals surface area contributed by atoms with Crippen LogP contribution < -0.4 is 0 Å². The fourth-order valence-electron chi connectivity index (χ4n) is 3.15. The summed E-state index contributed by atoms with van der Waals surface area (Å²) in [6.45, 7) is 0. The molecule has 0 atom stereocenters. The Labute approximate surface area is 127 Å². The molecule has 0 bridgehead atoms. The molecular weight excluding hydrogens is 272 g/mol. The minimum atomic E-state index is 0.626. The first-order valence-electron chi connectivity index (χ1n) is 7.32. The predicted molar refractivity (Wildman–Crippen MR) is 85.5 cm³/mol. The third-order valence-electron chi connectivity index (χ3n) is 4.21. The maximum atomic E-state index is 5.83. The smallest absolute Gasteiger partial charge is 0.228 e. The lowest BCUT2D eigenvalue weighted by Gasteiger charge is -2.02. The Hall–Kier alpha value is -2.94. The molecule has 0 spiro atoms. The molecule has 1 aliphatic carbocycles. The second-order valence-corrected chi connectivity index (χ2v) is 5.55. The van der Waals surface area contributed by atoms with E-state index < -0.39 is 0 Å². The van der Waals surface area contributed by atoms with Crippen molar-refractivity contribution in [2.45, 2.75) is 6.42 Å². The topological polar surface area (TPSA) is 38.9 Å². The Kier molecular flexibility index (Phi) is 2.27. The van der Waals surface area contributed by atoms with Crippen molar-refractivity contribution in [3.8, 4) is 22.6 Å². The van der Waals surface area contributed by atoms with Crippen LogP contribution in [0.1, 0.15) is 11.1 Å². The van der Waals surface area contributed by atoms with Crippen LogP contribution in [0.5, 0.6) is 0 Å². The summed E-state index contributed by atoms with van der Waals surface area (Å²) in [5.74, 6) is 0.626. The number of hydrogen-bond acceptors (Lipinski definition) is 3. The lowest BCUT2D eigenvalue weighted by Crippen LogP contribution is -1.83. The molecular formula is C19H12N2O. The van der Waals surface area contributed by atoms with Crippen LogP contribution in [0, 0.1) is 0 Å². The number of pyridine rings is 1. The van der Waals surface area contributed by atoms with Crippen LogP contribution in [0.3, 0.4) is 0 Å². The molecule has 0 aliphatic heterocycles. The van der Waals surface area contributed by atoms with E-state index in [2.05, 4.69) is 52.4 Å². The second-order valence-electron chi connectivity index (χ2n) is 5.55. The number of rotatable bonds is 1. The van der Waals surface area contributed by atoms with E-state index in [1.807, 2.05) is 12.1 Å². The molecule has 2 heterocycles.